The van der Waals surface area contributed by atoms with E-state index in [2.05, 4.69) is 44.5 Å². The molecule has 0 unspecified atom stereocenters. The molecule has 0 spiro atoms. The molecule has 1 aliphatic heterocycles. The Morgan fingerprint density at radius 2 is 2.13 bits per heavy atom. The van der Waals surface area contributed by atoms with Gasteiger partial charge in [-0.1, -0.05) is 25.4 Å². The van der Waals surface area contributed by atoms with E-state index in [-0.39, 0.29) is 5.91 Å². The van der Waals surface area contributed by atoms with Crippen molar-refractivity contribution in [2.45, 2.75) is 33.4 Å². The van der Waals surface area contributed by atoms with E-state index in [1.54, 1.807) is 23.1 Å². The zero-order chi connectivity index (χ0) is 16.6. The minimum absolute atomic E-state index is 0.0286. The highest BCUT2D eigenvalue weighted by molar-refractivity contribution is 9.10. The van der Waals surface area contributed by atoms with Gasteiger partial charge in [-0.15, -0.1) is 10.2 Å². The number of hydrogen-bond donors (Lipinski definition) is 0. The predicted molar refractivity (Wildman–Crippen MR) is 92.5 cm³/mol. The second-order valence-electron chi connectivity index (χ2n) is 6.14. The van der Waals surface area contributed by atoms with Gasteiger partial charge in [0.15, 0.2) is 5.82 Å². The zero-order valence-electron chi connectivity index (χ0n) is 13.1. The summed E-state index contributed by atoms with van der Waals surface area (Å²) in [6.07, 6.45) is 0.906. The van der Waals surface area contributed by atoms with Crippen LogP contribution in [0.3, 0.4) is 0 Å². The number of fused-ring (bicyclic) bond motifs is 1. The third kappa shape index (κ3) is 3.43. The molecule has 122 valence electrons. The third-order valence-corrected chi connectivity index (χ3v) is 5.11. The van der Waals surface area contributed by atoms with Crippen molar-refractivity contribution >= 4 is 33.4 Å². The van der Waals surface area contributed by atoms with Crippen LogP contribution in [-0.2, 0) is 19.5 Å². The van der Waals surface area contributed by atoms with Crippen LogP contribution < -0.4 is 0 Å². The van der Waals surface area contributed by atoms with Crippen molar-refractivity contribution in [3.8, 4) is 0 Å². The number of hydrogen-bond acceptors (Lipinski definition) is 3. The molecule has 1 amide bonds. The molecule has 1 aromatic heterocycles. The van der Waals surface area contributed by atoms with Crippen molar-refractivity contribution in [3.05, 3.63) is 44.9 Å². The highest BCUT2D eigenvalue weighted by Gasteiger charge is 2.25. The molecule has 5 nitrogen and oxygen atoms in total. The maximum Gasteiger partial charge on any atom is 0.254 e. The first kappa shape index (κ1) is 16.5. The lowest BCUT2D eigenvalue weighted by Gasteiger charge is -2.28. The summed E-state index contributed by atoms with van der Waals surface area (Å²) in [6, 6.07) is 5.27. The van der Waals surface area contributed by atoms with Gasteiger partial charge in [0, 0.05) is 29.5 Å². The molecule has 2 aromatic rings. The Morgan fingerprint density at radius 3 is 2.83 bits per heavy atom. The second kappa shape index (κ2) is 6.61. The number of nitrogens with zero attached hydrogens (tertiary/aromatic N) is 4. The van der Waals surface area contributed by atoms with Crippen molar-refractivity contribution < 1.29 is 4.79 Å². The Morgan fingerprint density at radius 1 is 1.35 bits per heavy atom. The van der Waals surface area contributed by atoms with Gasteiger partial charge in [-0.05, 0) is 40.0 Å². The van der Waals surface area contributed by atoms with Crippen LogP contribution in [0, 0.1) is 5.92 Å². The van der Waals surface area contributed by atoms with Gasteiger partial charge < -0.3 is 9.47 Å². The van der Waals surface area contributed by atoms with Gasteiger partial charge in [-0.2, -0.15) is 0 Å². The van der Waals surface area contributed by atoms with E-state index in [4.69, 9.17) is 11.6 Å². The lowest BCUT2D eigenvalue weighted by Crippen LogP contribution is -2.38. The first-order valence-corrected chi connectivity index (χ1v) is 8.78. The summed E-state index contributed by atoms with van der Waals surface area (Å²) >= 11 is 9.43. The van der Waals surface area contributed by atoms with Crippen molar-refractivity contribution in [1.82, 2.24) is 19.7 Å². The van der Waals surface area contributed by atoms with Gasteiger partial charge in [-0.3, -0.25) is 4.79 Å². The average Bonchev–Trinajstić information content (AvgIpc) is 2.91. The lowest BCUT2D eigenvalue weighted by atomic mass is 10.1. The van der Waals surface area contributed by atoms with Crippen LogP contribution in [0.1, 0.15) is 35.9 Å². The number of aromatic nitrogens is 3. The molecule has 0 bridgehead atoms. The molecule has 1 aromatic carbocycles. The summed E-state index contributed by atoms with van der Waals surface area (Å²) in [7, 11) is 0. The van der Waals surface area contributed by atoms with Crippen LogP contribution in [0.15, 0.2) is 22.7 Å². The molecule has 0 saturated heterocycles. The van der Waals surface area contributed by atoms with Gasteiger partial charge in [-0.25, -0.2) is 0 Å². The minimum Gasteiger partial charge on any atom is -0.329 e. The maximum atomic E-state index is 12.7. The average molecular weight is 398 g/mol. The number of carbonyl (C=O) groups excluding carboxylic acids is 1. The maximum absolute atomic E-state index is 12.7. The van der Waals surface area contributed by atoms with E-state index in [9.17, 15) is 4.79 Å². The van der Waals surface area contributed by atoms with E-state index in [0.29, 0.717) is 29.6 Å². The van der Waals surface area contributed by atoms with Crippen LogP contribution in [-0.4, -0.2) is 32.1 Å². The van der Waals surface area contributed by atoms with E-state index < -0.39 is 0 Å². The number of halogens is 2. The molecule has 7 heteroatoms. The Balaban J connectivity index is 1.77. The Bertz CT molecular complexity index is 744. The molecule has 0 fully saturated rings. The monoisotopic (exact) mass is 396 g/mol. The van der Waals surface area contributed by atoms with Crippen molar-refractivity contribution in [2.24, 2.45) is 5.92 Å². The molecule has 1 aliphatic rings. The lowest BCUT2D eigenvalue weighted by molar-refractivity contribution is 0.0706. The van der Waals surface area contributed by atoms with E-state index in [1.165, 1.54) is 0 Å². The fourth-order valence-corrected chi connectivity index (χ4v) is 3.15. The van der Waals surface area contributed by atoms with Crippen LogP contribution in [0.2, 0.25) is 5.02 Å². The van der Waals surface area contributed by atoms with Gasteiger partial charge in [0.2, 0.25) is 0 Å². The molecule has 0 aliphatic carbocycles. The van der Waals surface area contributed by atoms with Crippen molar-refractivity contribution in [2.75, 3.05) is 6.54 Å². The molecular formula is C16H18BrClN4O. The van der Waals surface area contributed by atoms with Gasteiger partial charge in [0.25, 0.3) is 5.91 Å². The molecule has 0 atom stereocenters. The first-order valence-electron chi connectivity index (χ1n) is 7.61. The summed E-state index contributed by atoms with van der Waals surface area (Å²) in [6.45, 7) is 6.20. The van der Waals surface area contributed by atoms with Crippen LogP contribution in [0.5, 0.6) is 0 Å². The van der Waals surface area contributed by atoms with Gasteiger partial charge in [0.05, 0.1) is 11.6 Å². The standard InChI is InChI=1S/C16H18BrClN4O/c1-10(2)7-14-19-20-15-9-21(5-6-22(14)15)16(23)11-3-4-12(17)13(18)8-11/h3-4,8,10H,5-7,9H2,1-2H3. The fourth-order valence-electron chi connectivity index (χ4n) is 2.72. The minimum atomic E-state index is -0.0286. The Hall–Kier alpha value is -1.40. The Labute approximate surface area is 148 Å². The van der Waals surface area contributed by atoms with Crippen molar-refractivity contribution in [3.63, 3.8) is 0 Å². The summed E-state index contributed by atoms with van der Waals surface area (Å²) < 4.78 is 2.92. The van der Waals surface area contributed by atoms with E-state index in [0.717, 1.165) is 29.1 Å². The third-order valence-electron chi connectivity index (χ3n) is 3.87. The predicted octanol–water partition coefficient (Wildman–Crippen LogP) is 3.55. The van der Waals surface area contributed by atoms with E-state index >= 15 is 0 Å². The fraction of sp³-hybridized carbons (Fsp3) is 0.438. The molecule has 3 rings (SSSR count). The number of amides is 1. The van der Waals surface area contributed by atoms with Gasteiger partial charge in [0.1, 0.15) is 5.82 Å². The smallest absolute Gasteiger partial charge is 0.254 e. The molecule has 2 heterocycles. The molecule has 0 saturated carbocycles. The topological polar surface area (TPSA) is 51.0 Å². The van der Waals surface area contributed by atoms with E-state index in [1.807, 2.05) is 0 Å². The van der Waals surface area contributed by atoms with Gasteiger partial charge >= 0.3 is 0 Å². The largest absolute Gasteiger partial charge is 0.329 e. The summed E-state index contributed by atoms with van der Waals surface area (Å²) in [5.41, 5.74) is 0.591. The number of rotatable bonds is 3. The molecule has 0 radical (unpaired) electrons. The van der Waals surface area contributed by atoms with Crippen molar-refractivity contribution in [1.29, 1.82) is 0 Å². The van der Waals surface area contributed by atoms with Crippen LogP contribution in [0.25, 0.3) is 0 Å². The summed E-state index contributed by atoms with van der Waals surface area (Å²) in [5.74, 6) is 2.36. The second-order valence-corrected chi connectivity index (χ2v) is 7.40. The quantitative estimate of drug-likeness (QED) is 0.796. The Kier molecular flexibility index (Phi) is 4.73. The highest BCUT2D eigenvalue weighted by Crippen LogP contribution is 2.25. The first-order chi connectivity index (χ1) is 11.0. The SMILES string of the molecule is CC(C)Cc1nnc2n1CCN(C(=O)c1ccc(Br)c(Cl)c1)C2. The molecular weight excluding hydrogens is 380 g/mol. The van der Waals surface area contributed by atoms with Crippen LogP contribution in [0.4, 0.5) is 0 Å². The number of benzene rings is 1. The normalized spacial score (nSPS) is 14.2. The molecule has 0 N–H and O–H groups in total. The summed E-state index contributed by atoms with van der Waals surface area (Å²) in [4.78, 5) is 14.4. The number of carbonyl (C=O) groups is 1. The summed E-state index contributed by atoms with van der Waals surface area (Å²) in [5, 5.41) is 9.07. The zero-order valence-corrected chi connectivity index (χ0v) is 15.4. The molecule has 23 heavy (non-hydrogen) atoms. The highest BCUT2D eigenvalue weighted by atomic mass is 79.9. The van der Waals surface area contributed by atoms with Crippen LogP contribution >= 0.6 is 27.5 Å².